The van der Waals surface area contributed by atoms with Gasteiger partial charge in [0.05, 0.1) is 0 Å². The van der Waals surface area contributed by atoms with Crippen LogP contribution in [0.1, 0.15) is 41.2 Å². The van der Waals surface area contributed by atoms with Gasteiger partial charge in [-0.2, -0.15) is 0 Å². The van der Waals surface area contributed by atoms with Gasteiger partial charge in [-0.15, -0.1) is 12.6 Å². The highest BCUT2D eigenvalue weighted by atomic mass is 32.1. The van der Waals surface area contributed by atoms with E-state index in [4.69, 9.17) is 0 Å². The minimum Gasteiger partial charge on any atom is -0.143 e. The standard InChI is InChI=1S/C29H28S/c1-29(25-16-7-3-8-17-25,26-18-9-4-10-19-26)28-21-20-27(30)22-24(28)15-11-14-23-12-5-2-6-13-23/h2-10,12-13,16-22,30H,11,14-15H2,1H3. The Hall–Kier alpha value is -2.77. The van der Waals surface area contributed by atoms with Crippen LogP contribution >= 0.6 is 12.6 Å². The number of hydrogen-bond donors (Lipinski definition) is 1. The van der Waals surface area contributed by atoms with Crippen molar-refractivity contribution in [3.63, 3.8) is 0 Å². The highest BCUT2D eigenvalue weighted by Crippen LogP contribution is 2.41. The fourth-order valence-electron chi connectivity index (χ4n) is 4.42. The smallest absolute Gasteiger partial charge is 0.0425 e. The van der Waals surface area contributed by atoms with Crippen LogP contribution in [0.4, 0.5) is 0 Å². The first kappa shape index (κ1) is 20.5. The number of aryl methyl sites for hydroxylation is 2. The monoisotopic (exact) mass is 408 g/mol. The van der Waals surface area contributed by atoms with Crippen molar-refractivity contribution >= 4 is 12.6 Å². The van der Waals surface area contributed by atoms with Crippen LogP contribution in [-0.4, -0.2) is 0 Å². The van der Waals surface area contributed by atoms with Crippen LogP contribution in [0.15, 0.2) is 114 Å². The van der Waals surface area contributed by atoms with Crippen LogP contribution in [0, 0.1) is 0 Å². The Morgan fingerprint density at radius 2 is 1.17 bits per heavy atom. The molecule has 150 valence electrons. The molecule has 4 rings (SSSR count). The molecule has 4 aromatic rings. The molecule has 0 nitrogen and oxygen atoms in total. The van der Waals surface area contributed by atoms with Gasteiger partial charge in [0.2, 0.25) is 0 Å². The Morgan fingerprint density at radius 1 is 0.633 bits per heavy atom. The Kier molecular flexibility index (Phi) is 6.40. The third kappa shape index (κ3) is 4.37. The lowest BCUT2D eigenvalue weighted by Gasteiger charge is -2.34. The molecule has 0 saturated heterocycles. The van der Waals surface area contributed by atoms with Crippen molar-refractivity contribution in [1.29, 1.82) is 0 Å². The van der Waals surface area contributed by atoms with Crippen molar-refractivity contribution < 1.29 is 0 Å². The predicted octanol–water partition coefficient (Wildman–Crippen LogP) is 7.50. The van der Waals surface area contributed by atoms with Gasteiger partial charge in [-0.25, -0.2) is 0 Å². The van der Waals surface area contributed by atoms with E-state index in [1.807, 2.05) is 0 Å². The maximum Gasteiger partial charge on any atom is 0.0425 e. The van der Waals surface area contributed by atoms with Crippen molar-refractivity contribution in [2.45, 2.75) is 36.5 Å². The lowest BCUT2D eigenvalue weighted by molar-refractivity contribution is 0.672. The minimum absolute atomic E-state index is 0.216. The summed E-state index contributed by atoms with van der Waals surface area (Å²) in [7, 11) is 0. The summed E-state index contributed by atoms with van der Waals surface area (Å²) in [5.74, 6) is 0. The zero-order chi connectivity index (χ0) is 20.8. The van der Waals surface area contributed by atoms with E-state index in [0.717, 1.165) is 24.2 Å². The molecule has 0 aliphatic carbocycles. The molecule has 0 heterocycles. The molecule has 0 unspecified atom stereocenters. The van der Waals surface area contributed by atoms with Gasteiger partial charge in [-0.1, -0.05) is 97.1 Å². The molecule has 0 atom stereocenters. The van der Waals surface area contributed by atoms with Gasteiger partial charge in [0, 0.05) is 10.3 Å². The summed E-state index contributed by atoms with van der Waals surface area (Å²) < 4.78 is 0. The largest absolute Gasteiger partial charge is 0.143 e. The summed E-state index contributed by atoms with van der Waals surface area (Å²) in [6.45, 7) is 2.35. The topological polar surface area (TPSA) is 0 Å². The van der Waals surface area contributed by atoms with Crippen LogP contribution in [0.5, 0.6) is 0 Å². The Labute approximate surface area is 186 Å². The predicted molar refractivity (Wildman–Crippen MR) is 131 cm³/mol. The highest BCUT2D eigenvalue weighted by molar-refractivity contribution is 7.80. The summed E-state index contributed by atoms with van der Waals surface area (Å²) in [4.78, 5) is 1.02. The molecule has 0 saturated carbocycles. The van der Waals surface area contributed by atoms with Gasteiger partial charge < -0.3 is 0 Å². The Balaban J connectivity index is 1.74. The Bertz CT molecular complexity index is 1030. The van der Waals surface area contributed by atoms with Gasteiger partial charge in [0.25, 0.3) is 0 Å². The molecule has 0 aromatic heterocycles. The van der Waals surface area contributed by atoms with Crippen molar-refractivity contribution in [3.05, 3.63) is 137 Å². The van der Waals surface area contributed by atoms with E-state index in [9.17, 15) is 0 Å². The number of thiol groups is 1. The van der Waals surface area contributed by atoms with Crippen LogP contribution in [0.3, 0.4) is 0 Å². The lowest BCUT2D eigenvalue weighted by atomic mass is 9.69. The number of hydrogen-bond acceptors (Lipinski definition) is 1. The molecule has 0 fully saturated rings. The van der Waals surface area contributed by atoms with Gasteiger partial charge in [0.15, 0.2) is 0 Å². The molecule has 1 heteroatoms. The molecular weight excluding hydrogens is 380 g/mol. The van der Waals surface area contributed by atoms with Crippen LogP contribution in [0.2, 0.25) is 0 Å². The second-order valence-electron chi connectivity index (χ2n) is 8.04. The third-order valence-electron chi connectivity index (χ3n) is 6.08. The second-order valence-corrected chi connectivity index (χ2v) is 8.55. The van der Waals surface area contributed by atoms with Gasteiger partial charge >= 0.3 is 0 Å². The third-order valence-corrected chi connectivity index (χ3v) is 6.36. The Morgan fingerprint density at radius 3 is 1.73 bits per heavy atom. The molecule has 0 radical (unpaired) electrons. The van der Waals surface area contributed by atoms with Crippen molar-refractivity contribution in [3.8, 4) is 0 Å². The molecule has 0 aliphatic rings. The van der Waals surface area contributed by atoms with E-state index in [0.29, 0.717) is 0 Å². The first-order valence-electron chi connectivity index (χ1n) is 10.7. The molecule has 0 bridgehead atoms. The molecule has 0 aliphatic heterocycles. The molecule has 0 spiro atoms. The summed E-state index contributed by atoms with van der Waals surface area (Å²) in [5.41, 5.74) is 6.56. The van der Waals surface area contributed by atoms with E-state index in [-0.39, 0.29) is 5.41 Å². The minimum atomic E-state index is -0.216. The highest BCUT2D eigenvalue weighted by Gasteiger charge is 2.32. The summed E-state index contributed by atoms with van der Waals surface area (Å²) in [5, 5.41) is 0. The first-order chi connectivity index (χ1) is 14.7. The maximum atomic E-state index is 4.66. The molecule has 0 N–H and O–H groups in total. The molecular formula is C29H28S. The normalized spacial score (nSPS) is 11.4. The molecule has 0 amide bonds. The van der Waals surface area contributed by atoms with Crippen LogP contribution in [0.25, 0.3) is 0 Å². The van der Waals surface area contributed by atoms with E-state index in [1.54, 1.807) is 0 Å². The van der Waals surface area contributed by atoms with Crippen molar-refractivity contribution in [1.82, 2.24) is 0 Å². The molecule has 4 aromatic carbocycles. The average molecular weight is 409 g/mol. The number of rotatable bonds is 7. The lowest BCUT2D eigenvalue weighted by Crippen LogP contribution is -2.27. The summed E-state index contributed by atoms with van der Waals surface area (Å²) in [6.07, 6.45) is 3.24. The quantitative estimate of drug-likeness (QED) is 0.237. The fraction of sp³-hybridized carbons (Fsp3) is 0.172. The fourth-order valence-corrected chi connectivity index (χ4v) is 4.65. The van der Waals surface area contributed by atoms with E-state index in [2.05, 4.69) is 129 Å². The van der Waals surface area contributed by atoms with E-state index >= 15 is 0 Å². The van der Waals surface area contributed by atoms with E-state index < -0.39 is 0 Å². The summed E-state index contributed by atoms with van der Waals surface area (Å²) >= 11 is 4.66. The number of benzene rings is 4. The molecule has 30 heavy (non-hydrogen) atoms. The zero-order valence-electron chi connectivity index (χ0n) is 17.5. The van der Waals surface area contributed by atoms with Gasteiger partial charge in [0.1, 0.15) is 0 Å². The van der Waals surface area contributed by atoms with Crippen LogP contribution < -0.4 is 0 Å². The second kappa shape index (κ2) is 9.36. The van der Waals surface area contributed by atoms with E-state index in [1.165, 1.54) is 27.8 Å². The van der Waals surface area contributed by atoms with Gasteiger partial charge in [-0.3, -0.25) is 0 Å². The summed E-state index contributed by atoms with van der Waals surface area (Å²) in [6, 6.07) is 39.1. The van der Waals surface area contributed by atoms with Crippen molar-refractivity contribution in [2.75, 3.05) is 0 Å². The average Bonchev–Trinajstić information content (AvgIpc) is 2.80. The maximum absolute atomic E-state index is 4.66. The first-order valence-corrected chi connectivity index (χ1v) is 11.1. The SMILES string of the molecule is CC(c1ccccc1)(c1ccccc1)c1ccc(S)cc1CCCc1ccccc1. The van der Waals surface area contributed by atoms with Crippen molar-refractivity contribution in [2.24, 2.45) is 0 Å². The zero-order valence-corrected chi connectivity index (χ0v) is 18.4. The van der Waals surface area contributed by atoms with Gasteiger partial charge in [-0.05, 0) is 66.1 Å². The van der Waals surface area contributed by atoms with Crippen LogP contribution in [-0.2, 0) is 18.3 Å².